The molecule has 1 aromatic heterocycles. The molecule has 0 saturated carbocycles. The summed E-state index contributed by atoms with van der Waals surface area (Å²) in [5.74, 6) is 0. The van der Waals surface area contributed by atoms with Crippen LogP contribution < -0.4 is 5.56 Å². The first-order chi connectivity index (χ1) is 11.3. The van der Waals surface area contributed by atoms with Crippen LogP contribution in [0.15, 0.2) is 65.5 Å². The smallest absolute Gasteiger partial charge is 0.258 e. The molecule has 0 fully saturated rings. The molecule has 3 heteroatoms. The normalized spacial score (nSPS) is 12.1. The van der Waals surface area contributed by atoms with Crippen LogP contribution in [0, 0.1) is 11.3 Å². The molecule has 1 aliphatic heterocycles. The minimum Gasteiger partial charge on any atom is -0.306 e. The lowest BCUT2D eigenvalue weighted by molar-refractivity contribution is 0.659. The van der Waals surface area contributed by atoms with Crippen molar-refractivity contribution in [1.29, 1.82) is 5.26 Å². The van der Waals surface area contributed by atoms with E-state index in [4.69, 9.17) is 0 Å². The van der Waals surface area contributed by atoms with Gasteiger partial charge in [0.15, 0.2) is 0 Å². The van der Waals surface area contributed by atoms with Crippen LogP contribution >= 0.6 is 0 Å². The molecule has 110 valence electrons. The van der Waals surface area contributed by atoms with E-state index in [1.165, 1.54) is 5.56 Å². The predicted molar refractivity (Wildman–Crippen MR) is 90.0 cm³/mol. The molecule has 23 heavy (non-hydrogen) atoms. The highest BCUT2D eigenvalue weighted by Gasteiger charge is 2.22. The van der Waals surface area contributed by atoms with Crippen molar-refractivity contribution in [2.24, 2.45) is 0 Å². The van der Waals surface area contributed by atoms with E-state index in [0.717, 1.165) is 23.2 Å². The molecule has 4 rings (SSSR count). The molecule has 0 amide bonds. The first-order valence-corrected chi connectivity index (χ1v) is 7.61. The van der Waals surface area contributed by atoms with Gasteiger partial charge in [0.1, 0.15) is 6.07 Å². The fourth-order valence-electron chi connectivity index (χ4n) is 3.28. The van der Waals surface area contributed by atoms with Gasteiger partial charge in [0, 0.05) is 17.7 Å². The summed E-state index contributed by atoms with van der Waals surface area (Å²) in [6, 6.07) is 21.5. The summed E-state index contributed by atoms with van der Waals surface area (Å²) in [6.07, 6.45) is 0.812. The van der Waals surface area contributed by atoms with Gasteiger partial charge in [0.25, 0.3) is 5.56 Å². The first-order valence-electron chi connectivity index (χ1n) is 7.61. The third-order valence-electron chi connectivity index (χ3n) is 4.37. The second-order valence-corrected chi connectivity index (χ2v) is 5.66. The van der Waals surface area contributed by atoms with Crippen molar-refractivity contribution in [2.45, 2.75) is 13.0 Å². The van der Waals surface area contributed by atoms with E-state index in [-0.39, 0.29) is 5.56 Å². The van der Waals surface area contributed by atoms with Crippen LogP contribution in [-0.4, -0.2) is 4.57 Å². The Labute approximate surface area is 134 Å². The number of pyridine rings is 1. The number of aryl methyl sites for hydroxylation is 1. The zero-order valence-corrected chi connectivity index (χ0v) is 12.5. The topological polar surface area (TPSA) is 45.8 Å². The van der Waals surface area contributed by atoms with Crippen LogP contribution in [0.4, 0.5) is 0 Å². The zero-order chi connectivity index (χ0) is 15.8. The van der Waals surface area contributed by atoms with Gasteiger partial charge in [-0.05, 0) is 23.6 Å². The Hall–Kier alpha value is -3.12. The molecule has 2 heterocycles. The van der Waals surface area contributed by atoms with Crippen molar-refractivity contribution >= 4 is 0 Å². The third-order valence-corrected chi connectivity index (χ3v) is 4.37. The van der Waals surface area contributed by atoms with E-state index >= 15 is 0 Å². The Bertz CT molecular complexity index is 994. The van der Waals surface area contributed by atoms with Crippen molar-refractivity contribution in [2.75, 3.05) is 0 Å². The number of nitriles is 1. The molecule has 0 aliphatic carbocycles. The Balaban J connectivity index is 2.05. The molecule has 0 atom stereocenters. The fourth-order valence-corrected chi connectivity index (χ4v) is 3.28. The van der Waals surface area contributed by atoms with Crippen molar-refractivity contribution in [3.63, 3.8) is 0 Å². The van der Waals surface area contributed by atoms with Crippen molar-refractivity contribution in [3.8, 4) is 28.5 Å². The molecule has 0 spiro atoms. The minimum atomic E-state index is -0.0281. The van der Waals surface area contributed by atoms with E-state index in [2.05, 4.69) is 12.1 Å². The summed E-state index contributed by atoms with van der Waals surface area (Å²) in [7, 11) is 0. The number of benzene rings is 2. The average molecular weight is 298 g/mol. The van der Waals surface area contributed by atoms with Crippen LogP contribution in [0.25, 0.3) is 22.4 Å². The molecular weight excluding hydrogens is 284 g/mol. The Kier molecular flexibility index (Phi) is 3.09. The summed E-state index contributed by atoms with van der Waals surface area (Å²) < 4.78 is 1.75. The molecule has 3 aromatic rings. The van der Waals surface area contributed by atoms with Crippen LogP contribution in [0.1, 0.15) is 11.1 Å². The van der Waals surface area contributed by atoms with Crippen LogP contribution in [0.5, 0.6) is 0 Å². The summed E-state index contributed by atoms with van der Waals surface area (Å²) in [6.45, 7) is 0.612. The van der Waals surface area contributed by atoms with Crippen molar-refractivity contribution in [3.05, 3.63) is 82.1 Å². The van der Waals surface area contributed by atoms with Gasteiger partial charge >= 0.3 is 0 Å². The van der Waals surface area contributed by atoms with Gasteiger partial charge in [-0.3, -0.25) is 4.79 Å². The van der Waals surface area contributed by atoms with E-state index in [9.17, 15) is 10.1 Å². The molecule has 0 bridgehead atoms. The Morgan fingerprint density at radius 1 is 0.957 bits per heavy atom. The van der Waals surface area contributed by atoms with E-state index in [0.29, 0.717) is 17.7 Å². The van der Waals surface area contributed by atoms with Gasteiger partial charge in [-0.15, -0.1) is 0 Å². The van der Waals surface area contributed by atoms with Crippen LogP contribution in [-0.2, 0) is 13.0 Å². The lowest BCUT2D eigenvalue weighted by atomic mass is 9.93. The fraction of sp³-hybridized carbons (Fsp3) is 0.100. The van der Waals surface area contributed by atoms with Crippen molar-refractivity contribution < 1.29 is 0 Å². The zero-order valence-electron chi connectivity index (χ0n) is 12.5. The van der Waals surface area contributed by atoms with Gasteiger partial charge in [0.05, 0.1) is 11.3 Å². The number of hydrogen-bond donors (Lipinski definition) is 0. The van der Waals surface area contributed by atoms with E-state index < -0.39 is 0 Å². The summed E-state index contributed by atoms with van der Waals surface area (Å²) in [5.41, 5.74) is 4.89. The average Bonchev–Trinajstić information content (AvgIpc) is 2.62. The van der Waals surface area contributed by atoms with Gasteiger partial charge in [-0.1, -0.05) is 54.6 Å². The van der Waals surface area contributed by atoms with Gasteiger partial charge in [0.2, 0.25) is 0 Å². The Morgan fingerprint density at radius 2 is 1.70 bits per heavy atom. The van der Waals surface area contributed by atoms with Gasteiger partial charge in [-0.25, -0.2) is 0 Å². The second kappa shape index (κ2) is 5.26. The molecule has 0 radical (unpaired) electrons. The van der Waals surface area contributed by atoms with Crippen molar-refractivity contribution in [1.82, 2.24) is 4.57 Å². The maximum absolute atomic E-state index is 12.9. The standard InChI is InChI=1S/C20H14N2O/c21-13-16-12-18(14-6-2-1-3-7-14)20(23)22-11-10-15-8-4-5-9-17(15)19(16)22/h1-9,12H,10-11H2. The largest absolute Gasteiger partial charge is 0.306 e. The molecular formula is C20H14N2O. The van der Waals surface area contributed by atoms with E-state index in [1.54, 1.807) is 10.6 Å². The van der Waals surface area contributed by atoms with Gasteiger partial charge in [-0.2, -0.15) is 5.26 Å². The SMILES string of the molecule is N#Cc1cc(-c2ccccc2)c(=O)n2c1-c1ccccc1CC2. The highest BCUT2D eigenvalue weighted by Crippen LogP contribution is 2.32. The monoisotopic (exact) mass is 298 g/mol. The van der Waals surface area contributed by atoms with Gasteiger partial charge < -0.3 is 4.57 Å². The summed E-state index contributed by atoms with van der Waals surface area (Å²) in [5, 5.41) is 9.62. The quantitative estimate of drug-likeness (QED) is 0.689. The summed E-state index contributed by atoms with van der Waals surface area (Å²) in [4.78, 5) is 12.9. The van der Waals surface area contributed by atoms with E-state index in [1.807, 2.05) is 48.5 Å². The lowest BCUT2D eigenvalue weighted by Crippen LogP contribution is -2.28. The molecule has 3 nitrogen and oxygen atoms in total. The number of nitrogens with zero attached hydrogens (tertiary/aromatic N) is 2. The molecule has 1 aliphatic rings. The molecule has 0 unspecified atom stereocenters. The number of fused-ring (bicyclic) bond motifs is 3. The van der Waals surface area contributed by atoms with Crippen LogP contribution in [0.3, 0.4) is 0 Å². The highest BCUT2D eigenvalue weighted by molar-refractivity contribution is 5.75. The Morgan fingerprint density at radius 3 is 2.48 bits per heavy atom. The number of rotatable bonds is 1. The second-order valence-electron chi connectivity index (χ2n) is 5.66. The predicted octanol–water partition coefficient (Wildman–Crippen LogP) is 3.61. The maximum atomic E-state index is 12.9. The third kappa shape index (κ3) is 2.08. The van der Waals surface area contributed by atoms with Crippen LogP contribution in [0.2, 0.25) is 0 Å². The molecule has 0 saturated heterocycles. The highest BCUT2D eigenvalue weighted by atomic mass is 16.1. The minimum absolute atomic E-state index is 0.0281. The lowest BCUT2D eigenvalue weighted by Gasteiger charge is -2.23. The summed E-state index contributed by atoms with van der Waals surface area (Å²) >= 11 is 0. The first kappa shape index (κ1) is 13.5. The number of aromatic nitrogens is 1. The molecule has 0 N–H and O–H groups in total. The maximum Gasteiger partial charge on any atom is 0.258 e. The molecule has 2 aromatic carbocycles. The number of hydrogen-bond acceptors (Lipinski definition) is 2.